The Morgan fingerprint density at radius 2 is 1.47 bits per heavy atom. The number of nitrogens with zero attached hydrogens (tertiary/aromatic N) is 1. The van der Waals surface area contributed by atoms with E-state index in [0.717, 1.165) is 11.3 Å². The SMILES string of the molecule is C=C/C=C\c1c(/C=C\C=C)c(C=C)n(C)c1C. The number of rotatable bonds is 5. The molecule has 1 aromatic rings. The summed E-state index contributed by atoms with van der Waals surface area (Å²) < 4.78 is 2.14. The van der Waals surface area contributed by atoms with Gasteiger partial charge in [-0.3, -0.25) is 0 Å². The van der Waals surface area contributed by atoms with Crippen molar-refractivity contribution in [3.8, 4) is 0 Å². The monoisotopic (exact) mass is 225 g/mol. The van der Waals surface area contributed by atoms with Crippen molar-refractivity contribution >= 4 is 18.2 Å². The summed E-state index contributed by atoms with van der Waals surface area (Å²) in [6, 6.07) is 0. The average molecular weight is 225 g/mol. The van der Waals surface area contributed by atoms with Crippen molar-refractivity contribution in [3.05, 3.63) is 66.6 Å². The van der Waals surface area contributed by atoms with E-state index in [1.54, 1.807) is 12.2 Å². The predicted molar refractivity (Wildman–Crippen MR) is 78.7 cm³/mol. The molecule has 0 saturated heterocycles. The zero-order chi connectivity index (χ0) is 12.8. The highest BCUT2D eigenvalue weighted by Crippen LogP contribution is 2.25. The Morgan fingerprint density at radius 1 is 0.941 bits per heavy atom. The van der Waals surface area contributed by atoms with Crippen LogP contribution in [0.3, 0.4) is 0 Å². The van der Waals surface area contributed by atoms with Gasteiger partial charge < -0.3 is 4.57 Å². The number of hydrogen-bond acceptors (Lipinski definition) is 0. The van der Waals surface area contributed by atoms with E-state index in [1.807, 2.05) is 25.3 Å². The molecule has 0 aliphatic carbocycles. The molecular weight excluding hydrogens is 206 g/mol. The van der Waals surface area contributed by atoms with Crippen LogP contribution < -0.4 is 0 Å². The fourth-order valence-electron chi connectivity index (χ4n) is 1.84. The van der Waals surface area contributed by atoms with Crippen LogP contribution >= 0.6 is 0 Å². The predicted octanol–water partition coefficient (Wildman–Crippen LogP) is 4.37. The largest absolute Gasteiger partial charge is 0.347 e. The van der Waals surface area contributed by atoms with Crippen molar-refractivity contribution in [1.29, 1.82) is 0 Å². The van der Waals surface area contributed by atoms with Crippen LogP contribution in [0.5, 0.6) is 0 Å². The molecule has 0 unspecified atom stereocenters. The normalized spacial score (nSPS) is 11.2. The Labute approximate surface area is 104 Å². The zero-order valence-electron chi connectivity index (χ0n) is 10.6. The maximum atomic E-state index is 3.87. The minimum atomic E-state index is 1.12. The summed E-state index contributed by atoms with van der Waals surface area (Å²) in [5, 5.41) is 0. The highest BCUT2D eigenvalue weighted by atomic mass is 15.0. The second kappa shape index (κ2) is 5.90. The molecule has 1 heterocycles. The van der Waals surface area contributed by atoms with E-state index >= 15 is 0 Å². The molecule has 88 valence electrons. The molecule has 1 aromatic heterocycles. The second-order valence-electron chi connectivity index (χ2n) is 3.75. The maximum Gasteiger partial charge on any atom is 0.0480 e. The van der Waals surface area contributed by atoms with Gasteiger partial charge in [0.15, 0.2) is 0 Å². The summed E-state index contributed by atoms with van der Waals surface area (Å²) >= 11 is 0. The lowest BCUT2D eigenvalue weighted by Crippen LogP contribution is -1.93. The molecule has 1 heteroatoms. The summed E-state index contributed by atoms with van der Waals surface area (Å²) in [6.07, 6.45) is 13.4. The van der Waals surface area contributed by atoms with Crippen molar-refractivity contribution in [2.24, 2.45) is 7.05 Å². The molecule has 0 aromatic carbocycles. The highest BCUT2D eigenvalue weighted by molar-refractivity contribution is 5.75. The van der Waals surface area contributed by atoms with Crippen molar-refractivity contribution in [3.63, 3.8) is 0 Å². The van der Waals surface area contributed by atoms with Crippen LogP contribution in [0.4, 0.5) is 0 Å². The standard InChI is InChI=1S/C16H19N/c1-6-9-11-14-13(4)17(5)16(8-3)15(14)12-10-7-2/h6-12H,1-3H2,4-5H3/b11-9-,12-10-. The Balaban J connectivity index is 3.49. The molecule has 17 heavy (non-hydrogen) atoms. The summed E-state index contributed by atoms with van der Waals surface area (Å²) in [6.45, 7) is 13.4. The fraction of sp³-hybridized carbons (Fsp3) is 0.125. The summed E-state index contributed by atoms with van der Waals surface area (Å²) in [5.41, 5.74) is 4.68. The second-order valence-corrected chi connectivity index (χ2v) is 3.75. The third kappa shape index (κ3) is 2.56. The Hall–Kier alpha value is -2.02. The lowest BCUT2D eigenvalue weighted by Gasteiger charge is -1.99. The van der Waals surface area contributed by atoms with Crippen LogP contribution in [0, 0.1) is 6.92 Å². The van der Waals surface area contributed by atoms with Gasteiger partial charge in [0.2, 0.25) is 0 Å². The van der Waals surface area contributed by atoms with Crippen molar-refractivity contribution in [2.45, 2.75) is 6.92 Å². The van der Waals surface area contributed by atoms with Crippen LogP contribution in [0.25, 0.3) is 18.2 Å². The molecule has 1 nitrogen and oxygen atoms in total. The third-order valence-corrected chi connectivity index (χ3v) is 2.81. The first-order chi connectivity index (χ1) is 8.17. The lowest BCUT2D eigenvalue weighted by atomic mass is 10.1. The van der Waals surface area contributed by atoms with Gasteiger partial charge in [-0.25, -0.2) is 0 Å². The van der Waals surface area contributed by atoms with Gasteiger partial charge in [0.25, 0.3) is 0 Å². The zero-order valence-corrected chi connectivity index (χ0v) is 10.6. The quantitative estimate of drug-likeness (QED) is 0.655. The van der Waals surface area contributed by atoms with Gasteiger partial charge in [-0.1, -0.05) is 56.2 Å². The van der Waals surface area contributed by atoms with Crippen LogP contribution in [-0.2, 0) is 7.05 Å². The Kier molecular flexibility index (Phi) is 4.53. The van der Waals surface area contributed by atoms with Crippen LogP contribution in [0.15, 0.2) is 44.0 Å². The van der Waals surface area contributed by atoms with E-state index in [4.69, 9.17) is 0 Å². The molecule has 0 fully saturated rings. The Morgan fingerprint density at radius 3 is 1.94 bits per heavy atom. The molecule has 0 N–H and O–H groups in total. The third-order valence-electron chi connectivity index (χ3n) is 2.81. The number of aromatic nitrogens is 1. The molecule has 0 spiro atoms. The molecule has 0 aliphatic heterocycles. The van der Waals surface area contributed by atoms with Gasteiger partial charge in [0, 0.05) is 29.6 Å². The minimum absolute atomic E-state index is 1.12. The Bertz CT molecular complexity index is 496. The fourth-order valence-corrected chi connectivity index (χ4v) is 1.84. The van der Waals surface area contributed by atoms with Crippen molar-refractivity contribution in [2.75, 3.05) is 0 Å². The topological polar surface area (TPSA) is 4.93 Å². The summed E-state index contributed by atoms with van der Waals surface area (Å²) in [7, 11) is 2.04. The molecular formula is C16H19N. The van der Waals surface area contributed by atoms with Crippen molar-refractivity contribution in [1.82, 2.24) is 4.57 Å². The smallest absolute Gasteiger partial charge is 0.0480 e. The van der Waals surface area contributed by atoms with Gasteiger partial charge in [-0.15, -0.1) is 0 Å². The number of hydrogen-bond donors (Lipinski definition) is 0. The van der Waals surface area contributed by atoms with E-state index in [2.05, 4.69) is 43.4 Å². The molecule has 0 amide bonds. The summed E-state index contributed by atoms with van der Waals surface area (Å²) in [5.74, 6) is 0. The molecule has 1 rings (SSSR count). The van der Waals surface area contributed by atoms with Gasteiger partial charge >= 0.3 is 0 Å². The van der Waals surface area contributed by atoms with Crippen molar-refractivity contribution < 1.29 is 0 Å². The average Bonchev–Trinajstić information content (AvgIpc) is 2.56. The van der Waals surface area contributed by atoms with Gasteiger partial charge in [0.05, 0.1) is 0 Å². The first-order valence-corrected chi connectivity index (χ1v) is 5.57. The molecule has 0 bridgehead atoms. The highest BCUT2D eigenvalue weighted by Gasteiger charge is 2.11. The van der Waals surface area contributed by atoms with E-state index in [9.17, 15) is 0 Å². The molecule has 0 saturated carbocycles. The van der Waals surface area contributed by atoms with E-state index < -0.39 is 0 Å². The van der Waals surface area contributed by atoms with E-state index in [1.165, 1.54) is 11.3 Å². The lowest BCUT2D eigenvalue weighted by molar-refractivity contribution is 0.870. The van der Waals surface area contributed by atoms with Gasteiger partial charge in [-0.2, -0.15) is 0 Å². The van der Waals surface area contributed by atoms with Gasteiger partial charge in [0.1, 0.15) is 0 Å². The molecule has 0 atom stereocenters. The van der Waals surface area contributed by atoms with Crippen LogP contribution in [0.2, 0.25) is 0 Å². The summed E-state index contributed by atoms with van der Waals surface area (Å²) in [4.78, 5) is 0. The maximum absolute atomic E-state index is 3.87. The van der Waals surface area contributed by atoms with Crippen LogP contribution in [0.1, 0.15) is 22.5 Å². The van der Waals surface area contributed by atoms with Crippen LogP contribution in [-0.4, -0.2) is 4.57 Å². The first-order valence-electron chi connectivity index (χ1n) is 5.57. The van der Waals surface area contributed by atoms with E-state index in [-0.39, 0.29) is 0 Å². The molecule has 0 aliphatic rings. The number of allylic oxidation sites excluding steroid dienone is 4. The van der Waals surface area contributed by atoms with E-state index in [0.29, 0.717) is 0 Å². The minimum Gasteiger partial charge on any atom is -0.347 e. The molecule has 0 radical (unpaired) electrons. The van der Waals surface area contributed by atoms with Gasteiger partial charge in [-0.05, 0) is 13.0 Å². The first kappa shape index (κ1) is 13.0.